The normalized spacial score (nSPS) is 10.3. The van der Waals surface area contributed by atoms with Crippen LogP contribution in [-0.4, -0.2) is 24.7 Å². The fourth-order valence-electron chi connectivity index (χ4n) is 1.06. The molecule has 2 heterocycles. The Balaban J connectivity index is 1.99. The quantitative estimate of drug-likeness (QED) is 0.784. The number of nitrogens with zero attached hydrogens (tertiary/aromatic N) is 5. The van der Waals surface area contributed by atoms with E-state index in [1.165, 1.54) is 6.33 Å². The zero-order valence-electron chi connectivity index (χ0n) is 8.05. The van der Waals surface area contributed by atoms with Gasteiger partial charge in [0.1, 0.15) is 23.6 Å². The molecule has 0 atom stereocenters. The smallest absolute Gasteiger partial charge is 0.169 e. The molecule has 0 unspecified atom stereocenters. The van der Waals surface area contributed by atoms with Crippen LogP contribution < -0.4 is 5.32 Å². The van der Waals surface area contributed by atoms with E-state index in [1.54, 1.807) is 17.1 Å². The van der Waals surface area contributed by atoms with Gasteiger partial charge in [0.15, 0.2) is 5.82 Å². The Morgan fingerprint density at radius 3 is 2.93 bits per heavy atom. The number of rotatable bonds is 3. The lowest BCUT2D eigenvalue weighted by Gasteiger charge is -2.01. The molecule has 0 spiro atoms. The van der Waals surface area contributed by atoms with Crippen molar-refractivity contribution in [2.75, 3.05) is 5.32 Å². The molecule has 0 radical (unpaired) electrons. The van der Waals surface area contributed by atoms with Gasteiger partial charge in [0.05, 0.1) is 6.54 Å². The molecule has 0 aliphatic rings. The minimum Gasteiger partial charge on any atom is -0.363 e. The Kier molecular flexibility index (Phi) is 2.77. The molecule has 0 aliphatic carbocycles. The maximum absolute atomic E-state index is 5.70. The fourth-order valence-corrected chi connectivity index (χ4v) is 1.21. The van der Waals surface area contributed by atoms with Gasteiger partial charge in [-0.25, -0.2) is 15.0 Å². The van der Waals surface area contributed by atoms with Gasteiger partial charge in [-0.2, -0.15) is 5.10 Å². The van der Waals surface area contributed by atoms with Crippen LogP contribution in [0.1, 0.15) is 5.82 Å². The largest absolute Gasteiger partial charge is 0.363 e. The molecule has 78 valence electrons. The van der Waals surface area contributed by atoms with E-state index in [-0.39, 0.29) is 0 Å². The SMILES string of the molecule is Cn1cnc(CNc2cc(Cl)ncn2)n1. The van der Waals surface area contributed by atoms with Crippen LogP contribution in [0.2, 0.25) is 5.15 Å². The van der Waals surface area contributed by atoms with Crippen LogP contribution in [0.3, 0.4) is 0 Å². The average Bonchev–Trinajstić information content (AvgIpc) is 2.62. The highest BCUT2D eigenvalue weighted by molar-refractivity contribution is 6.29. The number of hydrogen-bond acceptors (Lipinski definition) is 5. The molecule has 0 saturated heterocycles. The molecule has 0 aliphatic heterocycles. The summed E-state index contributed by atoms with van der Waals surface area (Å²) in [6.07, 6.45) is 3.04. The van der Waals surface area contributed by atoms with Gasteiger partial charge in [-0.3, -0.25) is 4.68 Å². The predicted molar refractivity (Wildman–Crippen MR) is 55.4 cm³/mol. The topological polar surface area (TPSA) is 68.5 Å². The van der Waals surface area contributed by atoms with Gasteiger partial charge in [-0.15, -0.1) is 0 Å². The minimum atomic E-state index is 0.404. The van der Waals surface area contributed by atoms with Gasteiger partial charge in [0, 0.05) is 13.1 Å². The Labute approximate surface area is 91.3 Å². The molecule has 0 fully saturated rings. The van der Waals surface area contributed by atoms with Gasteiger partial charge in [0.25, 0.3) is 0 Å². The number of anilines is 1. The number of aryl methyl sites for hydroxylation is 1. The third kappa shape index (κ3) is 2.63. The summed E-state index contributed by atoms with van der Waals surface area (Å²) in [5, 5.41) is 7.56. The van der Waals surface area contributed by atoms with E-state index in [9.17, 15) is 0 Å². The van der Waals surface area contributed by atoms with Crippen molar-refractivity contribution >= 4 is 17.4 Å². The van der Waals surface area contributed by atoms with Gasteiger partial charge >= 0.3 is 0 Å². The van der Waals surface area contributed by atoms with E-state index in [0.717, 1.165) is 0 Å². The Morgan fingerprint density at radius 1 is 1.40 bits per heavy atom. The first-order valence-electron chi connectivity index (χ1n) is 4.30. The van der Waals surface area contributed by atoms with Crippen LogP contribution >= 0.6 is 11.6 Å². The zero-order chi connectivity index (χ0) is 10.7. The molecular weight excluding hydrogens is 216 g/mol. The van der Waals surface area contributed by atoms with Crippen molar-refractivity contribution in [2.24, 2.45) is 7.05 Å². The second-order valence-electron chi connectivity index (χ2n) is 2.91. The number of halogens is 1. The molecule has 6 nitrogen and oxygen atoms in total. The van der Waals surface area contributed by atoms with Crippen LogP contribution in [-0.2, 0) is 13.6 Å². The molecule has 1 N–H and O–H groups in total. The summed E-state index contributed by atoms with van der Waals surface area (Å²) in [6, 6.07) is 1.64. The minimum absolute atomic E-state index is 0.404. The standard InChI is InChI=1S/C8H9ClN6/c1-15-5-13-8(14-15)3-10-7-2-6(9)11-4-12-7/h2,4-5H,3H2,1H3,(H,10,11,12). The van der Waals surface area contributed by atoms with E-state index in [4.69, 9.17) is 11.6 Å². The van der Waals surface area contributed by atoms with Gasteiger partial charge in [-0.1, -0.05) is 11.6 Å². The van der Waals surface area contributed by atoms with Crippen LogP contribution in [0.5, 0.6) is 0 Å². The highest BCUT2D eigenvalue weighted by Gasteiger charge is 2.00. The van der Waals surface area contributed by atoms with Crippen molar-refractivity contribution in [1.29, 1.82) is 0 Å². The monoisotopic (exact) mass is 224 g/mol. The summed E-state index contributed by atoms with van der Waals surface area (Å²) < 4.78 is 1.64. The highest BCUT2D eigenvalue weighted by atomic mass is 35.5. The highest BCUT2D eigenvalue weighted by Crippen LogP contribution is 2.08. The van der Waals surface area contributed by atoms with E-state index < -0.39 is 0 Å². The summed E-state index contributed by atoms with van der Waals surface area (Å²) in [4.78, 5) is 11.8. The molecule has 0 aromatic carbocycles. The first-order valence-corrected chi connectivity index (χ1v) is 4.68. The summed E-state index contributed by atoms with van der Waals surface area (Å²) in [5.41, 5.74) is 0. The molecule has 2 rings (SSSR count). The van der Waals surface area contributed by atoms with Crippen molar-refractivity contribution in [2.45, 2.75) is 6.54 Å². The van der Waals surface area contributed by atoms with Crippen molar-refractivity contribution in [3.05, 3.63) is 29.7 Å². The molecule has 7 heteroatoms. The van der Waals surface area contributed by atoms with Crippen molar-refractivity contribution in [1.82, 2.24) is 24.7 Å². The lowest BCUT2D eigenvalue weighted by atomic mass is 10.5. The first-order chi connectivity index (χ1) is 7.24. The van der Waals surface area contributed by atoms with Crippen molar-refractivity contribution < 1.29 is 0 Å². The fraction of sp³-hybridized carbons (Fsp3) is 0.250. The second-order valence-corrected chi connectivity index (χ2v) is 3.30. The third-order valence-corrected chi connectivity index (χ3v) is 1.92. The molecule has 0 saturated carbocycles. The maximum atomic E-state index is 5.70. The van der Waals surface area contributed by atoms with E-state index in [0.29, 0.717) is 23.3 Å². The van der Waals surface area contributed by atoms with Gasteiger partial charge in [0.2, 0.25) is 0 Å². The Morgan fingerprint density at radius 2 is 2.27 bits per heavy atom. The first kappa shape index (κ1) is 9.85. The summed E-state index contributed by atoms with van der Waals surface area (Å²) >= 11 is 5.70. The van der Waals surface area contributed by atoms with Crippen LogP contribution in [0, 0.1) is 0 Å². The van der Waals surface area contributed by atoms with Gasteiger partial charge < -0.3 is 5.32 Å². The predicted octanol–water partition coefficient (Wildman–Crippen LogP) is 0.871. The van der Waals surface area contributed by atoms with Crippen LogP contribution in [0.15, 0.2) is 18.7 Å². The van der Waals surface area contributed by atoms with Crippen molar-refractivity contribution in [3.63, 3.8) is 0 Å². The number of aromatic nitrogens is 5. The third-order valence-electron chi connectivity index (χ3n) is 1.71. The summed E-state index contributed by atoms with van der Waals surface area (Å²) in [6.45, 7) is 0.508. The van der Waals surface area contributed by atoms with Crippen molar-refractivity contribution in [3.8, 4) is 0 Å². The number of nitrogens with one attached hydrogen (secondary N) is 1. The molecule has 0 amide bonds. The van der Waals surface area contributed by atoms with Crippen LogP contribution in [0.25, 0.3) is 0 Å². The Hall–Kier alpha value is -1.69. The molecule has 2 aromatic rings. The molecule has 15 heavy (non-hydrogen) atoms. The molecule has 0 bridgehead atoms. The maximum Gasteiger partial charge on any atom is 0.169 e. The molecule has 2 aromatic heterocycles. The zero-order valence-corrected chi connectivity index (χ0v) is 8.81. The Bertz CT molecular complexity index is 454. The lowest BCUT2D eigenvalue weighted by molar-refractivity contribution is 0.747. The summed E-state index contributed by atoms with van der Waals surface area (Å²) in [7, 11) is 1.82. The average molecular weight is 225 g/mol. The van der Waals surface area contributed by atoms with E-state index in [1.807, 2.05) is 7.05 Å². The lowest BCUT2D eigenvalue weighted by Crippen LogP contribution is -2.03. The second kappa shape index (κ2) is 4.22. The summed E-state index contributed by atoms with van der Waals surface area (Å²) in [5.74, 6) is 1.36. The van der Waals surface area contributed by atoms with E-state index in [2.05, 4.69) is 25.4 Å². The number of hydrogen-bond donors (Lipinski definition) is 1. The molecular formula is C8H9ClN6. The van der Waals surface area contributed by atoms with Crippen LogP contribution in [0.4, 0.5) is 5.82 Å². The van der Waals surface area contributed by atoms with Gasteiger partial charge in [-0.05, 0) is 0 Å². The van der Waals surface area contributed by atoms with E-state index >= 15 is 0 Å².